The van der Waals surface area contributed by atoms with Crippen LogP contribution in [0.2, 0.25) is 0 Å². The first-order valence-electron chi connectivity index (χ1n) is 6.63. The van der Waals surface area contributed by atoms with Crippen LogP contribution in [0.1, 0.15) is 24.4 Å². The van der Waals surface area contributed by atoms with Crippen molar-refractivity contribution < 1.29 is 14.3 Å². The molecule has 1 aromatic heterocycles. The van der Waals surface area contributed by atoms with Crippen LogP contribution in [0, 0.1) is 11.3 Å². The van der Waals surface area contributed by atoms with E-state index in [4.69, 9.17) is 14.8 Å². The van der Waals surface area contributed by atoms with Crippen molar-refractivity contribution in [1.82, 2.24) is 9.47 Å². The molecular formula is C14H13N3O4. The van der Waals surface area contributed by atoms with Crippen molar-refractivity contribution in [2.75, 3.05) is 13.1 Å². The Bertz CT molecular complexity index is 791. The van der Waals surface area contributed by atoms with E-state index in [0.29, 0.717) is 42.6 Å². The standard InChI is InChI=1S/C14H13N3O4/c15-8-9-1-2-12-11(7-9)17(14(20)21-12)10-3-5-16(6-4-10)13(18)19/h1-2,7,10H,3-6H2,(H,18,19). The molecule has 1 fully saturated rings. The zero-order valence-electron chi connectivity index (χ0n) is 11.2. The van der Waals surface area contributed by atoms with Gasteiger partial charge >= 0.3 is 11.8 Å². The average Bonchev–Trinajstić information content (AvgIpc) is 2.82. The van der Waals surface area contributed by atoms with Crippen molar-refractivity contribution in [1.29, 1.82) is 5.26 Å². The maximum Gasteiger partial charge on any atom is 0.420 e. The van der Waals surface area contributed by atoms with Crippen molar-refractivity contribution in [2.45, 2.75) is 18.9 Å². The lowest BCUT2D eigenvalue weighted by Crippen LogP contribution is -2.39. The number of oxazole rings is 1. The Morgan fingerprint density at radius 3 is 2.71 bits per heavy atom. The second-order valence-electron chi connectivity index (χ2n) is 5.03. The van der Waals surface area contributed by atoms with E-state index in [1.54, 1.807) is 18.2 Å². The first kappa shape index (κ1) is 13.2. The Balaban J connectivity index is 1.97. The molecule has 21 heavy (non-hydrogen) atoms. The topological polar surface area (TPSA) is 99.5 Å². The van der Waals surface area contributed by atoms with Gasteiger partial charge in [-0.05, 0) is 31.0 Å². The van der Waals surface area contributed by atoms with E-state index in [9.17, 15) is 9.59 Å². The van der Waals surface area contributed by atoms with E-state index >= 15 is 0 Å². The molecule has 0 atom stereocenters. The molecule has 1 aromatic carbocycles. The van der Waals surface area contributed by atoms with E-state index < -0.39 is 11.8 Å². The molecular weight excluding hydrogens is 274 g/mol. The van der Waals surface area contributed by atoms with Crippen molar-refractivity contribution in [3.05, 3.63) is 34.3 Å². The van der Waals surface area contributed by atoms with Gasteiger partial charge in [-0.25, -0.2) is 9.59 Å². The molecule has 0 spiro atoms. The van der Waals surface area contributed by atoms with Gasteiger partial charge in [0.2, 0.25) is 0 Å². The van der Waals surface area contributed by atoms with Crippen LogP contribution in [0.4, 0.5) is 4.79 Å². The van der Waals surface area contributed by atoms with E-state index in [2.05, 4.69) is 0 Å². The summed E-state index contributed by atoms with van der Waals surface area (Å²) < 4.78 is 6.73. The summed E-state index contributed by atoms with van der Waals surface area (Å²) in [5.41, 5.74) is 1.49. The number of piperidine rings is 1. The Morgan fingerprint density at radius 2 is 2.10 bits per heavy atom. The minimum atomic E-state index is -0.940. The molecule has 1 N–H and O–H groups in total. The number of nitrogens with zero attached hydrogens (tertiary/aromatic N) is 3. The molecule has 1 aliphatic heterocycles. The minimum Gasteiger partial charge on any atom is -0.465 e. The quantitative estimate of drug-likeness (QED) is 0.861. The van der Waals surface area contributed by atoms with Gasteiger partial charge in [0.25, 0.3) is 0 Å². The van der Waals surface area contributed by atoms with Gasteiger partial charge in [0.15, 0.2) is 5.58 Å². The Hall–Kier alpha value is -2.75. The first-order valence-corrected chi connectivity index (χ1v) is 6.63. The fraction of sp³-hybridized carbons (Fsp3) is 0.357. The van der Waals surface area contributed by atoms with Gasteiger partial charge in [0, 0.05) is 19.1 Å². The van der Waals surface area contributed by atoms with Crippen molar-refractivity contribution >= 4 is 17.2 Å². The number of rotatable bonds is 1. The highest BCUT2D eigenvalue weighted by Gasteiger charge is 2.26. The maximum absolute atomic E-state index is 12.0. The summed E-state index contributed by atoms with van der Waals surface area (Å²) in [5, 5.41) is 17.9. The fourth-order valence-electron chi connectivity index (χ4n) is 2.76. The Morgan fingerprint density at radius 1 is 1.38 bits per heavy atom. The van der Waals surface area contributed by atoms with E-state index in [0.717, 1.165) is 0 Å². The van der Waals surface area contributed by atoms with Gasteiger partial charge in [0.1, 0.15) is 0 Å². The maximum atomic E-state index is 12.0. The van der Waals surface area contributed by atoms with Crippen LogP contribution in [0.25, 0.3) is 11.1 Å². The number of amides is 1. The highest BCUT2D eigenvalue weighted by molar-refractivity contribution is 5.75. The lowest BCUT2D eigenvalue weighted by Gasteiger charge is -2.30. The normalized spacial score (nSPS) is 16.0. The Kier molecular flexibility index (Phi) is 3.14. The predicted molar refractivity (Wildman–Crippen MR) is 73.1 cm³/mol. The van der Waals surface area contributed by atoms with Gasteiger partial charge in [0.05, 0.1) is 17.1 Å². The van der Waals surface area contributed by atoms with Crippen LogP contribution in [0.3, 0.4) is 0 Å². The molecule has 0 aliphatic carbocycles. The number of aromatic nitrogens is 1. The number of fused-ring (bicyclic) bond motifs is 1. The zero-order valence-corrected chi connectivity index (χ0v) is 11.2. The lowest BCUT2D eigenvalue weighted by molar-refractivity contribution is 0.125. The average molecular weight is 287 g/mol. The largest absolute Gasteiger partial charge is 0.465 e. The summed E-state index contributed by atoms with van der Waals surface area (Å²) in [6, 6.07) is 6.77. The van der Waals surface area contributed by atoms with Gasteiger partial charge in [-0.2, -0.15) is 5.26 Å². The Labute approximate surface area is 119 Å². The molecule has 0 saturated carbocycles. The highest BCUT2D eigenvalue weighted by atomic mass is 16.4. The molecule has 1 saturated heterocycles. The molecule has 7 heteroatoms. The van der Waals surface area contributed by atoms with Crippen LogP contribution >= 0.6 is 0 Å². The molecule has 108 valence electrons. The lowest BCUT2D eigenvalue weighted by atomic mass is 10.0. The SMILES string of the molecule is N#Cc1ccc2oc(=O)n(C3CCN(C(=O)O)CC3)c2c1. The first-order chi connectivity index (χ1) is 10.1. The predicted octanol–water partition coefficient (Wildman–Crippen LogP) is 1.78. The number of likely N-dealkylation sites (tertiary alicyclic amines) is 1. The third-order valence-electron chi connectivity index (χ3n) is 3.84. The monoisotopic (exact) mass is 287 g/mol. The summed E-state index contributed by atoms with van der Waals surface area (Å²) in [4.78, 5) is 24.3. The van der Waals surface area contributed by atoms with Crippen LogP contribution in [0.5, 0.6) is 0 Å². The van der Waals surface area contributed by atoms with Gasteiger partial charge in [-0.15, -0.1) is 0 Å². The molecule has 2 heterocycles. The van der Waals surface area contributed by atoms with E-state index in [1.807, 2.05) is 6.07 Å². The number of carboxylic acid groups (broad SMARTS) is 1. The molecule has 0 unspecified atom stereocenters. The van der Waals surface area contributed by atoms with Crippen molar-refractivity contribution in [2.24, 2.45) is 0 Å². The van der Waals surface area contributed by atoms with Gasteiger partial charge in [-0.1, -0.05) is 0 Å². The van der Waals surface area contributed by atoms with Crippen LogP contribution in [-0.2, 0) is 0 Å². The summed E-state index contributed by atoms with van der Waals surface area (Å²) >= 11 is 0. The van der Waals surface area contributed by atoms with E-state index in [1.165, 1.54) is 9.47 Å². The number of carbonyl (C=O) groups is 1. The number of hydrogen-bond acceptors (Lipinski definition) is 4. The molecule has 0 bridgehead atoms. The molecule has 7 nitrogen and oxygen atoms in total. The second kappa shape index (κ2) is 4.98. The summed E-state index contributed by atoms with van der Waals surface area (Å²) in [6.07, 6.45) is 0.166. The molecule has 3 rings (SSSR count). The molecule has 1 amide bonds. The summed E-state index contributed by atoms with van der Waals surface area (Å²) in [6.45, 7) is 0.772. The molecule has 1 aliphatic rings. The van der Waals surface area contributed by atoms with Crippen LogP contribution < -0.4 is 5.76 Å². The van der Waals surface area contributed by atoms with Gasteiger partial charge < -0.3 is 14.4 Å². The molecule has 2 aromatic rings. The van der Waals surface area contributed by atoms with Crippen LogP contribution in [0.15, 0.2) is 27.4 Å². The fourth-order valence-corrected chi connectivity index (χ4v) is 2.76. The van der Waals surface area contributed by atoms with Crippen molar-refractivity contribution in [3.63, 3.8) is 0 Å². The van der Waals surface area contributed by atoms with Gasteiger partial charge in [-0.3, -0.25) is 4.57 Å². The third-order valence-corrected chi connectivity index (χ3v) is 3.84. The van der Waals surface area contributed by atoms with Crippen molar-refractivity contribution in [3.8, 4) is 6.07 Å². The van der Waals surface area contributed by atoms with Crippen LogP contribution in [-0.4, -0.2) is 33.8 Å². The minimum absolute atomic E-state index is 0.108. The third kappa shape index (κ3) is 2.25. The zero-order chi connectivity index (χ0) is 15.0. The van der Waals surface area contributed by atoms with E-state index in [-0.39, 0.29) is 6.04 Å². The summed E-state index contributed by atoms with van der Waals surface area (Å²) in [5.74, 6) is -0.464. The molecule has 0 radical (unpaired) electrons. The smallest absolute Gasteiger partial charge is 0.420 e. The number of benzene rings is 1. The number of nitriles is 1. The summed E-state index contributed by atoms with van der Waals surface area (Å²) in [7, 11) is 0. The number of hydrogen-bond donors (Lipinski definition) is 1. The highest BCUT2D eigenvalue weighted by Crippen LogP contribution is 2.26. The second-order valence-corrected chi connectivity index (χ2v) is 5.03.